The van der Waals surface area contributed by atoms with E-state index in [0.29, 0.717) is 12.3 Å². The molecule has 3 nitrogen and oxygen atoms in total. The quantitative estimate of drug-likeness (QED) is 0.584. The second-order valence-electron chi connectivity index (χ2n) is 5.24. The van der Waals surface area contributed by atoms with Crippen molar-refractivity contribution in [2.24, 2.45) is 5.92 Å². The highest BCUT2D eigenvalue weighted by Crippen LogP contribution is 2.30. The van der Waals surface area contributed by atoms with Crippen LogP contribution in [0.25, 0.3) is 0 Å². The molecule has 0 saturated carbocycles. The molecule has 0 aliphatic carbocycles. The molecule has 1 amide bonds. The Kier molecular flexibility index (Phi) is 4.41. The highest BCUT2D eigenvalue weighted by molar-refractivity contribution is 7.80. The fourth-order valence-corrected chi connectivity index (χ4v) is 2.98. The van der Waals surface area contributed by atoms with Crippen molar-refractivity contribution in [3.05, 3.63) is 0 Å². The summed E-state index contributed by atoms with van der Waals surface area (Å²) in [5.41, 5.74) is -0.461. The summed E-state index contributed by atoms with van der Waals surface area (Å²) < 4.78 is 5.34. The lowest BCUT2D eigenvalue weighted by Gasteiger charge is -2.28. The highest BCUT2D eigenvalue weighted by Gasteiger charge is 2.41. The molecule has 1 rings (SSSR count). The first-order valence-corrected chi connectivity index (χ1v) is 6.57. The van der Waals surface area contributed by atoms with E-state index in [0.717, 1.165) is 0 Å². The molecule has 0 N–H and O–H groups in total. The number of alkyl halides is 1. The van der Waals surface area contributed by atoms with Gasteiger partial charge in [-0.25, -0.2) is 4.79 Å². The predicted molar refractivity (Wildman–Crippen MR) is 69.4 cm³/mol. The summed E-state index contributed by atoms with van der Waals surface area (Å²) in [6.45, 7) is 8.12. The van der Waals surface area contributed by atoms with Crippen molar-refractivity contribution >= 4 is 30.3 Å². The normalized spacial score (nSPS) is 30.6. The fourth-order valence-electron chi connectivity index (χ4n) is 1.85. The zero-order valence-electron chi connectivity index (χ0n) is 10.2. The molecule has 3 atom stereocenters. The highest BCUT2D eigenvalue weighted by atomic mass is 35.5. The molecular weight excluding hydrogens is 246 g/mol. The molecule has 16 heavy (non-hydrogen) atoms. The number of carbonyl (C=O) groups is 1. The minimum atomic E-state index is -0.461. The largest absolute Gasteiger partial charge is 0.444 e. The van der Waals surface area contributed by atoms with Crippen LogP contribution in [0.4, 0.5) is 4.79 Å². The van der Waals surface area contributed by atoms with E-state index in [9.17, 15) is 4.79 Å². The Bertz CT molecular complexity index is 267. The van der Waals surface area contributed by atoms with Crippen molar-refractivity contribution in [1.82, 2.24) is 4.90 Å². The van der Waals surface area contributed by atoms with Gasteiger partial charge in [0.15, 0.2) is 0 Å². The third kappa shape index (κ3) is 3.20. The van der Waals surface area contributed by atoms with E-state index in [1.54, 1.807) is 4.90 Å². The summed E-state index contributed by atoms with van der Waals surface area (Å²) in [6, 6.07) is 0.0925. The number of halogens is 1. The molecule has 1 saturated heterocycles. The Labute approximate surface area is 108 Å². The lowest BCUT2D eigenvalue weighted by atomic mass is 10.0. The first-order chi connectivity index (χ1) is 7.26. The van der Waals surface area contributed by atoms with Crippen molar-refractivity contribution in [2.75, 3.05) is 12.3 Å². The molecule has 0 aromatic heterocycles. The van der Waals surface area contributed by atoms with Gasteiger partial charge in [0.2, 0.25) is 0 Å². The average Bonchev–Trinajstić information content (AvgIpc) is 2.38. The molecule has 0 aromatic rings. The van der Waals surface area contributed by atoms with Gasteiger partial charge in [0.25, 0.3) is 0 Å². The van der Waals surface area contributed by atoms with Gasteiger partial charge in [0, 0.05) is 18.5 Å². The Morgan fingerprint density at radius 2 is 2.12 bits per heavy atom. The van der Waals surface area contributed by atoms with Crippen LogP contribution in [0, 0.1) is 5.92 Å². The number of amides is 1. The van der Waals surface area contributed by atoms with Crippen LogP contribution < -0.4 is 0 Å². The molecule has 1 aliphatic heterocycles. The number of hydrogen-bond acceptors (Lipinski definition) is 3. The lowest BCUT2D eigenvalue weighted by molar-refractivity contribution is 0.0226. The number of hydrogen-bond donors (Lipinski definition) is 1. The molecule has 0 spiro atoms. The van der Waals surface area contributed by atoms with E-state index in [-0.39, 0.29) is 23.4 Å². The standard InChI is InChI=1S/C11H20ClNO2S/c1-7-8(6-16)9(12)5-13(7)10(14)15-11(2,3)4/h7-9,16H,5-6H2,1-4H3. The van der Waals surface area contributed by atoms with Gasteiger partial charge < -0.3 is 9.64 Å². The van der Waals surface area contributed by atoms with Gasteiger partial charge in [-0.1, -0.05) is 0 Å². The molecule has 5 heteroatoms. The van der Waals surface area contributed by atoms with Gasteiger partial charge in [-0.05, 0) is 33.4 Å². The van der Waals surface area contributed by atoms with Crippen molar-refractivity contribution in [3.8, 4) is 0 Å². The van der Waals surface area contributed by atoms with Gasteiger partial charge >= 0.3 is 6.09 Å². The van der Waals surface area contributed by atoms with Crippen LogP contribution in [-0.2, 0) is 4.74 Å². The molecule has 94 valence electrons. The molecule has 1 heterocycles. The molecule has 0 aromatic carbocycles. The van der Waals surface area contributed by atoms with Crippen molar-refractivity contribution in [2.45, 2.75) is 44.7 Å². The third-order valence-electron chi connectivity index (χ3n) is 2.79. The van der Waals surface area contributed by atoms with Gasteiger partial charge in [-0.3, -0.25) is 0 Å². The van der Waals surface area contributed by atoms with Crippen LogP contribution >= 0.6 is 24.2 Å². The Morgan fingerprint density at radius 1 is 1.56 bits per heavy atom. The average molecular weight is 266 g/mol. The van der Waals surface area contributed by atoms with E-state index in [4.69, 9.17) is 16.3 Å². The van der Waals surface area contributed by atoms with Crippen LogP contribution in [0.1, 0.15) is 27.7 Å². The van der Waals surface area contributed by atoms with Crippen LogP contribution in [-0.4, -0.2) is 40.3 Å². The van der Waals surface area contributed by atoms with E-state index in [2.05, 4.69) is 12.6 Å². The topological polar surface area (TPSA) is 29.5 Å². The van der Waals surface area contributed by atoms with Crippen molar-refractivity contribution < 1.29 is 9.53 Å². The number of thiol groups is 1. The predicted octanol–water partition coefficient (Wildman–Crippen LogP) is 2.78. The Hall–Kier alpha value is -0.0900. The number of ether oxygens (including phenoxy) is 1. The maximum absolute atomic E-state index is 11.9. The summed E-state index contributed by atoms with van der Waals surface area (Å²) in [6.07, 6.45) is -0.282. The van der Waals surface area contributed by atoms with E-state index in [1.165, 1.54) is 0 Å². The molecule has 1 aliphatic rings. The van der Waals surface area contributed by atoms with Gasteiger partial charge in [0.1, 0.15) is 5.60 Å². The van der Waals surface area contributed by atoms with Crippen molar-refractivity contribution in [1.29, 1.82) is 0 Å². The molecule has 3 unspecified atom stereocenters. The summed E-state index contributed by atoms with van der Waals surface area (Å²) in [7, 11) is 0. The van der Waals surface area contributed by atoms with E-state index in [1.807, 2.05) is 27.7 Å². The van der Waals surface area contributed by atoms with Crippen LogP contribution in [0.15, 0.2) is 0 Å². The first kappa shape index (κ1) is 14.0. The second-order valence-corrected chi connectivity index (χ2v) is 6.16. The van der Waals surface area contributed by atoms with E-state index < -0.39 is 5.60 Å². The minimum absolute atomic E-state index is 0.0278. The van der Waals surface area contributed by atoms with Crippen LogP contribution in [0.2, 0.25) is 0 Å². The molecule has 0 bridgehead atoms. The summed E-state index contributed by atoms with van der Waals surface area (Å²) >= 11 is 10.5. The maximum Gasteiger partial charge on any atom is 0.410 e. The first-order valence-electron chi connectivity index (χ1n) is 5.51. The number of rotatable bonds is 1. The van der Waals surface area contributed by atoms with Crippen molar-refractivity contribution in [3.63, 3.8) is 0 Å². The fraction of sp³-hybridized carbons (Fsp3) is 0.909. The molecule has 1 fully saturated rings. The Balaban J connectivity index is 2.65. The second kappa shape index (κ2) is 5.05. The van der Waals surface area contributed by atoms with Gasteiger partial charge in [-0.2, -0.15) is 12.6 Å². The smallest absolute Gasteiger partial charge is 0.410 e. The molecule has 0 radical (unpaired) electrons. The molecular formula is C11H20ClNO2S. The minimum Gasteiger partial charge on any atom is -0.444 e. The van der Waals surface area contributed by atoms with Gasteiger partial charge in [-0.15, -0.1) is 11.6 Å². The summed E-state index contributed by atoms with van der Waals surface area (Å²) in [5, 5.41) is -0.0278. The number of nitrogens with zero attached hydrogens (tertiary/aromatic N) is 1. The number of carbonyl (C=O) groups excluding carboxylic acids is 1. The zero-order chi connectivity index (χ0) is 12.5. The van der Waals surface area contributed by atoms with Crippen LogP contribution in [0.3, 0.4) is 0 Å². The number of likely N-dealkylation sites (tertiary alicyclic amines) is 1. The summed E-state index contributed by atoms with van der Waals surface area (Å²) in [4.78, 5) is 13.6. The SMILES string of the molecule is CC1C(CS)C(Cl)CN1C(=O)OC(C)(C)C. The lowest BCUT2D eigenvalue weighted by Crippen LogP contribution is -2.40. The monoisotopic (exact) mass is 265 g/mol. The summed E-state index contributed by atoms with van der Waals surface area (Å²) in [5.74, 6) is 0.923. The Morgan fingerprint density at radius 3 is 2.50 bits per heavy atom. The maximum atomic E-state index is 11.9. The van der Waals surface area contributed by atoms with Crippen LogP contribution in [0.5, 0.6) is 0 Å². The third-order valence-corrected chi connectivity index (χ3v) is 3.67. The van der Waals surface area contributed by atoms with E-state index >= 15 is 0 Å². The zero-order valence-corrected chi connectivity index (χ0v) is 11.9. The van der Waals surface area contributed by atoms with Gasteiger partial charge in [0.05, 0.1) is 5.38 Å².